The van der Waals surface area contributed by atoms with Crippen molar-refractivity contribution in [3.8, 4) is 11.5 Å². The molecule has 5 rings (SSSR count). The van der Waals surface area contributed by atoms with E-state index in [0.29, 0.717) is 54.0 Å². The number of rotatable bonds is 7. The number of fused-ring (bicyclic) bond motifs is 1. The summed E-state index contributed by atoms with van der Waals surface area (Å²) in [5.41, 5.74) is 13.0. The monoisotopic (exact) mass is 490 g/mol. The molecule has 2 aromatic carbocycles. The summed E-state index contributed by atoms with van der Waals surface area (Å²) in [6, 6.07) is 10.9. The lowest BCUT2D eigenvalue weighted by Crippen LogP contribution is -2.36. The largest absolute Gasteiger partial charge is 0.497 e. The number of nitrogens with zero attached hydrogens (tertiary/aromatic N) is 4. The maximum atomic E-state index is 13.0. The van der Waals surface area contributed by atoms with Crippen LogP contribution in [0.3, 0.4) is 0 Å². The first-order valence-electron chi connectivity index (χ1n) is 11.7. The fourth-order valence-electron chi connectivity index (χ4n) is 4.74. The van der Waals surface area contributed by atoms with Gasteiger partial charge in [0.25, 0.3) is 5.91 Å². The first-order chi connectivity index (χ1) is 17.5. The molecular formula is C25H30N8O3. The number of hydrazine groups is 1. The summed E-state index contributed by atoms with van der Waals surface area (Å²) in [7, 11) is 3.22. The lowest BCUT2D eigenvalue weighted by molar-refractivity contribution is 0.0776. The number of hydrogen-bond acceptors (Lipinski definition) is 10. The minimum Gasteiger partial charge on any atom is -0.497 e. The first-order valence-corrected chi connectivity index (χ1v) is 11.7. The van der Waals surface area contributed by atoms with Gasteiger partial charge in [0, 0.05) is 73.4 Å². The Hall–Kier alpha value is -4.09. The van der Waals surface area contributed by atoms with E-state index in [-0.39, 0.29) is 11.9 Å². The Bertz CT molecular complexity index is 1260. The Balaban J connectivity index is 1.23. The molecule has 0 aliphatic carbocycles. The molecule has 2 aliphatic heterocycles. The van der Waals surface area contributed by atoms with E-state index < -0.39 is 0 Å². The van der Waals surface area contributed by atoms with Gasteiger partial charge < -0.3 is 30.8 Å². The van der Waals surface area contributed by atoms with Crippen molar-refractivity contribution in [3.63, 3.8) is 0 Å². The minimum atomic E-state index is -0.0236. The van der Waals surface area contributed by atoms with Crippen LogP contribution in [0.15, 0.2) is 42.6 Å². The van der Waals surface area contributed by atoms with Gasteiger partial charge in [0.2, 0.25) is 5.95 Å². The molecule has 11 heteroatoms. The summed E-state index contributed by atoms with van der Waals surface area (Å²) < 4.78 is 10.7. The van der Waals surface area contributed by atoms with E-state index in [4.69, 9.17) is 26.0 Å². The molecule has 0 bridgehead atoms. The average Bonchev–Trinajstić information content (AvgIpc) is 3.55. The van der Waals surface area contributed by atoms with Gasteiger partial charge in [-0.15, -0.1) is 0 Å². The van der Waals surface area contributed by atoms with E-state index in [1.165, 1.54) is 0 Å². The average molecular weight is 491 g/mol. The second-order valence-electron chi connectivity index (χ2n) is 8.94. The van der Waals surface area contributed by atoms with Crippen LogP contribution in [0, 0.1) is 0 Å². The van der Waals surface area contributed by atoms with Gasteiger partial charge in [-0.3, -0.25) is 15.5 Å². The SMILES string of the molecule is COc1cc(Nc2ncc3c(n2)CN(C2CCN(C(=O)c4ccc(NN)c(N)c4)C2)C3)cc(OC)c1. The number of amides is 1. The van der Waals surface area contributed by atoms with Crippen LogP contribution >= 0.6 is 0 Å². The molecule has 0 spiro atoms. The van der Waals surface area contributed by atoms with Crippen LogP contribution in [0.5, 0.6) is 11.5 Å². The van der Waals surface area contributed by atoms with Crippen LogP contribution in [0.2, 0.25) is 0 Å². The van der Waals surface area contributed by atoms with Crippen molar-refractivity contribution < 1.29 is 14.3 Å². The molecule has 36 heavy (non-hydrogen) atoms. The Morgan fingerprint density at radius 3 is 2.58 bits per heavy atom. The van der Waals surface area contributed by atoms with Gasteiger partial charge in [-0.25, -0.2) is 9.97 Å². The molecule has 6 N–H and O–H groups in total. The molecule has 1 aromatic heterocycles. The first kappa shape index (κ1) is 23.6. The molecule has 1 amide bonds. The number of nitrogen functional groups attached to an aromatic ring is 2. The quantitative estimate of drug-likeness (QED) is 0.221. The van der Waals surface area contributed by atoms with E-state index in [1.807, 2.05) is 29.3 Å². The molecular weight excluding hydrogens is 460 g/mol. The third-order valence-electron chi connectivity index (χ3n) is 6.71. The van der Waals surface area contributed by atoms with Crippen molar-refractivity contribution in [1.82, 2.24) is 19.8 Å². The third-order valence-corrected chi connectivity index (χ3v) is 6.71. The molecule has 1 unspecified atom stereocenters. The second kappa shape index (κ2) is 9.88. The summed E-state index contributed by atoms with van der Waals surface area (Å²) in [6.45, 7) is 2.83. The van der Waals surface area contributed by atoms with Gasteiger partial charge in [-0.1, -0.05) is 0 Å². The molecule has 2 aliphatic rings. The fourth-order valence-corrected chi connectivity index (χ4v) is 4.74. The maximum absolute atomic E-state index is 13.0. The number of anilines is 4. The molecule has 11 nitrogen and oxygen atoms in total. The zero-order chi connectivity index (χ0) is 25.2. The molecule has 1 atom stereocenters. The van der Waals surface area contributed by atoms with E-state index in [2.05, 4.69) is 20.6 Å². The van der Waals surface area contributed by atoms with Crippen LogP contribution in [0.4, 0.5) is 23.0 Å². The molecule has 1 saturated heterocycles. The number of carbonyl (C=O) groups is 1. The van der Waals surface area contributed by atoms with Gasteiger partial charge in [-0.2, -0.15) is 0 Å². The van der Waals surface area contributed by atoms with Crippen LogP contribution in [0.1, 0.15) is 28.0 Å². The number of likely N-dealkylation sites (tertiary alicyclic amines) is 1. The van der Waals surface area contributed by atoms with Crippen LogP contribution in [-0.2, 0) is 13.1 Å². The Morgan fingerprint density at radius 2 is 1.89 bits per heavy atom. The number of methoxy groups -OCH3 is 2. The van der Waals surface area contributed by atoms with Crippen molar-refractivity contribution in [2.24, 2.45) is 5.84 Å². The number of carbonyl (C=O) groups excluding carboxylic acids is 1. The lowest BCUT2D eigenvalue weighted by Gasteiger charge is -2.23. The summed E-state index contributed by atoms with van der Waals surface area (Å²) in [6.07, 6.45) is 2.77. The zero-order valence-corrected chi connectivity index (χ0v) is 20.3. The summed E-state index contributed by atoms with van der Waals surface area (Å²) in [5.74, 6) is 7.29. The standard InChI is InChI=1S/C25H30N8O3/c1-35-19-8-17(9-20(10-19)36-2)29-25-28-11-16-12-33(14-23(16)30-25)18-5-6-32(13-18)24(34)15-3-4-22(31-27)21(26)7-15/h3-4,7-11,18,31H,5-6,12-14,26-27H2,1-2H3,(H,28,29,30). The van der Waals surface area contributed by atoms with Crippen LogP contribution in [0.25, 0.3) is 0 Å². The van der Waals surface area contributed by atoms with Crippen molar-refractivity contribution >= 4 is 28.9 Å². The molecule has 188 valence electrons. The number of nitrogens with two attached hydrogens (primary N) is 2. The van der Waals surface area contributed by atoms with Crippen LogP contribution < -0.4 is 31.8 Å². The normalized spacial score (nSPS) is 17.1. The number of ether oxygens (including phenoxy) is 2. The summed E-state index contributed by atoms with van der Waals surface area (Å²) in [5, 5.41) is 3.24. The van der Waals surface area contributed by atoms with Gasteiger partial charge in [0.05, 0.1) is 31.3 Å². The highest BCUT2D eigenvalue weighted by molar-refractivity contribution is 5.96. The Labute approximate surface area is 209 Å². The van der Waals surface area contributed by atoms with Crippen LogP contribution in [-0.4, -0.2) is 59.0 Å². The lowest BCUT2D eigenvalue weighted by atomic mass is 10.1. The highest BCUT2D eigenvalue weighted by Gasteiger charge is 2.34. The van der Waals surface area contributed by atoms with Gasteiger partial charge in [-0.05, 0) is 24.6 Å². The third kappa shape index (κ3) is 4.70. The minimum absolute atomic E-state index is 0.0236. The fraction of sp³-hybridized carbons (Fsp3) is 0.320. The number of nitrogens with one attached hydrogen (secondary N) is 2. The zero-order valence-electron chi connectivity index (χ0n) is 20.3. The molecule has 1 fully saturated rings. The molecule has 0 saturated carbocycles. The van der Waals surface area contributed by atoms with Crippen molar-refractivity contribution in [1.29, 1.82) is 0 Å². The van der Waals surface area contributed by atoms with Gasteiger partial charge >= 0.3 is 0 Å². The Morgan fingerprint density at radius 1 is 1.11 bits per heavy atom. The molecule has 3 heterocycles. The van der Waals surface area contributed by atoms with Crippen molar-refractivity contribution in [2.45, 2.75) is 25.6 Å². The maximum Gasteiger partial charge on any atom is 0.253 e. The number of aromatic nitrogens is 2. The van der Waals surface area contributed by atoms with Crippen molar-refractivity contribution in [3.05, 3.63) is 59.4 Å². The van der Waals surface area contributed by atoms with E-state index in [9.17, 15) is 4.79 Å². The van der Waals surface area contributed by atoms with E-state index >= 15 is 0 Å². The topological polar surface area (TPSA) is 144 Å². The van der Waals surface area contributed by atoms with E-state index in [1.54, 1.807) is 32.4 Å². The van der Waals surface area contributed by atoms with Gasteiger partial charge in [0.1, 0.15) is 11.5 Å². The predicted octanol–water partition coefficient (Wildman–Crippen LogP) is 2.34. The van der Waals surface area contributed by atoms with E-state index in [0.717, 1.165) is 29.9 Å². The molecule has 0 radical (unpaired) electrons. The van der Waals surface area contributed by atoms with Crippen molar-refractivity contribution in [2.75, 3.05) is 43.8 Å². The number of benzene rings is 2. The highest BCUT2D eigenvalue weighted by atomic mass is 16.5. The summed E-state index contributed by atoms with van der Waals surface area (Å²) >= 11 is 0. The highest BCUT2D eigenvalue weighted by Crippen LogP contribution is 2.30. The molecule has 3 aromatic rings. The number of hydrogen-bond donors (Lipinski definition) is 4. The second-order valence-corrected chi connectivity index (χ2v) is 8.94. The van der Waals surface area contributed by atoms with Gasteiger partial charge in [0.15, 0.2) is 0 Å². The Kier molecular flexibility index (Phi) is 6.49. The predicted molar refractivity (Wildman–Crippen MR) is 137 cm³/mol. The smallest absolute Gasteiger partial charge is 0.253 e. The summed E-state index contributed by atoms with van der Waals surface area (Å²) in [4.78, 5) is 26.5.